The van der Waals surface area contributed by atoms with Crippen molar-refractivity contribution in [2.45, 2.75) is 0 Å². The topological polar surface area (TPSA) is 63.2 Å². The summed E-state index contributed by atoms with van der Waals surface area (Å²) in [6, 6.07) is 21.7. The lowest BCUT2D eigenvalue weighted by molar-refractivity contribution is 0.0817. The summed E-state index contributed by atoms with van der Waals surface area (Å²) < 4.78 is 0.772. The van der Waals surface area contributed by atoms with Gasteiger partial charge in [-0.2, -0.15) is 0 Å². The molecule has 3 rings (SSSR count). The second-order valence-electron chi connectivity index (χ2n) is 5.54. The number of amides is 1. The van der Waals surface area contributed by atoms with Crippen molar-refractivity contribution in [2.75, 3.05) is 5.32 Å². The lowest BCUT2D eigenvalue weighted by Crippen LogP contribution is -2.15. The van der Waals surface area contributed by atoms with Gasteiger partial charge in [0, 0.05) is 21.2 Å². The molecule has 0 saturated carbocycles. The highest BCUT2D eigenvalue weighted by atomic mass is 79.9. The van der Waals surface area contributed by atoms with E-state index in [-0.39, 0.29) is 11.5 Å². The lowest BCUT2D eigenvalue weighted by atomic mass is 10.0. The van der Waals surface area contributed by atoms with Gasteiger partial charge in [-0.05, 0) is 40.2 Å². The number of nitrogens with one attached hydrogen (secondary N) is 1. The fourth-order valence-electron chi connectivity index (χ4n) is 2.38. The molecule has 0 saturated heterocycles. The van der Waals surface area contributed by atoms with Crippen molar-refractivity contribution in [3.63, 3.8) is 0 Å². The van der Waals surface area contributed by atoms with Crippen LogP contribution in [0.15, 0.2) is 83.3 Å². The fourth-order valence-corrected chi connectivity index (χ4v) is 2.77. The Morgan fingerprint density at radius 3 is 1.73 bits per heavy atom. The summed E-state index contributed by atoms with van der Waals surface area (Å²) in [6.45, 7) is 0. The van der Waals surface area contributed by atoms with Gasteiger partial charge >= 0.3 is 0 Å². The molecule has 0 fully saturated rings. The predicted molar refractivity (Wildman–Crippen MR) is 104 cm³/mol. The number of carbonyl (C=O) groups is 3. The number of hydrogen-bond donors (Lipinski definition) is 1. The number of ketones is 2. The van der Waals surface area contributed by atoms with E-state index in [2.05, 4.69) is 21.2 Å². The molecule has 0 aliphatic heterocycles. The summed E-state index contributed by atoms with van der Waals surface area (Å²) >= 11 is 3.37. The number of hydrogen-bond acceptors (Lipinski definition) is 3. The fraction of sp³-hybridized carbons (Fsp3) is 0. The Morgan fingerprint density at radius 2 is 1.12 bits per heavy atom. The third-order valence-corrected chi connectivity index (χ3v) is 4.47. The SMILES string of the molecule is O=C(Nc1ccccc1Br)c1ccc(C(=O)C(=O)c2ccccc2)cc1. The van der Waals surface area contributed by atoms with E-state index in [1.807, 2.05) is 18.2 Å². The van der Waals surface area contributed by atoms with Crippen molar-refractivity contribution in [1.82, 2.24) is 0 Å². The van der Waals surface area contributed by atoms with Crippen LogP contribution in [0.1, 0.15) is 31.1 Å². The van der Waals surface area contributed by atoms with Gasteiger partial charge in [-0.15, -0.1) is 0 Å². The highest BCUT2D eigenvalue weighted by molar-refractivity contribution is 9.10. The summed E-state index contributed by atoms with van der Waals surface area (Å²) in [6.07, 6.45) is 0. The molecule has 0 aliphatic carbocycles. The van der Waals surface area contributed by atoms with Gasteiger partial charge in [0.05, 0.1) is 5.69 Å². The molecule has 0 atom stereocenters. The van der Waals surface area contributed by atoms with Gasteiger partial charge in [-0.1, -0.05) is 54.6 Å². The van der Waals surface area contributed by atoms with Gasteiger partial charge in [0.25, 0.3) is 5.91 Å². The third kappa shape index (κ3) is 3.95. The van der Waals surface area contributed by atoms with Crippen LogP contribution in [0.5, 0.6) is 0 Å². The molecular formula is C21H14BrNO3. The molecule has 0 spiro atoms. The van der Waals surface area contributed by atoms with E-state index in [0.29, 0.717) is 16.8 Å². The van der Waals surface area contributed by atoms with E-state index >= 15 is 0 Å². The monoisotopic (exact) mass is 407 g/mol. The molecule has 3 aromatic rings. The minimum atomic E-state index is -0.603. The summed E-state index contributed by atoms with van der Waals surface area (Å²) in [5.74, 6) is -1.48. The largest absolute Gasteiger partial charge is 0.321 e. The van der Waals surface area contributed by atoms with E-state index in [9.17, 15) is 14.4 Å². The van der Waals surface area contributed by atoms with Crippen molar-refractivity contribution < 1.29 is 14.4 Å². The van der Waals surface area contributed by atoms with Crippen molar-refractivity contribution in [3.8, 4) is 0 Å². The summed E-state index contributed by atoms with van der Waals surface area (Å²) in [5, 5.41) is 2.79. The van der Waals surface area contributed by atoms with Gasteiger partial charge in [0.2, 0.25) is 11.6 Å². The van der Waals surface area contributed by atoms with E-state index in [4.69, 9.17) is 0 Å². The minimum Gasteiger partial charge on any atom is -0.321 e. The first-order chi connectivity index (χ1) is 12.6. The first-order valence-corrected chi connectivity index (χ1v) is 8.65. The van der Waals surface area contributed by atoms with Crippen molar-refractivity contribution in [2.24, 2.45) is 0 Å². The van der Waals surface area contributed by atoms with Crippen LogP contribution in [0, 0.1) is 0 Å². The number of benzene rings is 3. The van der Waals surface area contributed by atoms with Gasteiger partial charge in [0.1, 0.15) is 0 Å². The molecule has 1 amide bonds. The Balaban J connectivity index is 1.74. The van der Waals surface area contributed by atoms with Crippen LogP contribution in [-0.2, 0) is 0 Å². The van der Waals surface area contributed by atoms with Gasteiger partial charge in [0.15, 0.2) is 0 Å². The Hall–Kier alpha value is -3.05. The Morgan fingerprint density at radius 1 is 0.615 bits per heavy atom. The lowest BCUT2D eigenvalue weighted by Gasteiger charge is -2.07. The maximum atomic E-state index is 12.3. The minimum absolute atomic E-state index is 0.247. The van der Waals surface area contributed by atoms with Crippen molar-refractivity contribution in [1.29, 1.82) is 0 Å². The van der Waals surface area contributed by atoms with Gasteiger partial charge < -0.3 is 5.32 Å². The molecule has 1 N–H and O–H groups in total. The summed E-state index contributed by atoms with van der Waals surface area (Å²) in [4.78, 5) is 36.8. The maximum Gasteiger partial charge on any atom is 0.255 e. The molecule has 0 radical (unpaired) electrons. The summed E-state index contributed by atoms with van der Waals surface area (Å²) in [7, 11) is 0. The van der Waals surface area contributed by atoms with Crippen molar-refractivity contribution >= 4 is 39.1 Å². The maximum absolute atomic E-state index is 12.3. The average Bonchev–Trinajstić information content (AvgIpc) is 2.69. The predicted octanol–water partition coefficient (Wildman–Crippen LogP) is 4.77. The second-order valence-corrected chi connectivity index (χ2v) is 6.39. The van der Waals surface area contributed by atoms with Crippen molar-refractivity contribution in [3.05, 3.63) is 100 Å². The van der Waals surface area contributed by atoms with Crippen LogP contribution in [-0.4, -0.2) is 17.5 Å². The zero-order valence-corrected chi connectivity index (χ0v) is 15.2. The number of para-hydroxylation sites is 1. The van der Waals surface area contributed by atoms with Gasteiger partial charge in [-0.25, -0.2) is 0 Å². The molecule has 128 valence electrons. The van der Waals surface area contributed by atoms with Gasteiger partial charge in [-0.3, -0.25) is 14.4 Å². The second kappa shape index (κ2) is 7.89. The van der Waals surface area contributed by atoms with E-state index in [1.165, 1.54) is 24.3 Å². The normalized spacial score (nSPS) is 10.2. The zero-order chi connectivity index (χ0) is 18.5. The highest BCUT2D eigenvalue weighted by Gasteiger charge is 2.18. The molecule has 0 aromatic heterocycles. The quantitative estimate of drug-likeness (QED) is 0.489. The van der Waals surface area contributed by atoms with Crippen LogP contribution in [0.2, 0.25) is 0 Å². The van der Waals surface area contributed by atoms with Crippen LogP contribution in [0.3, 0.4) is 0 Å². The van der Waals surface area contributed by atoms with E-state index in [1.54, 1.807) is 36.4 Å². The van der Waals surface area contributed by atoms with E-state index < -0.39 is 11.6 Å². The zero-order valence-electron chi connectivity index (χ0n) is 13.6. The number of rotatable bonds is 5. The first-order valence-electron chi connectivity index (χ1n) is 7.86. The van der Waals surface area contributed by atoms with Crippen LogP contribution in [0.4, 0.5) is 5.69 Å². The molecule has 26 heavy (non-hydrogen) atoms. The number of carbonyl (C=O) groups excluding carboxylic acids is 3. The smallest absolute Gasteiger partial charge is 0.255 e. The molecule has 3 aromatic carbocycles. The molecule has 0 heterocycles. The number of Topliss-reactive ketones (excluding diaryl/α,β-unsaturated/α-hetero) is 2. The van der Waals surface area contributed by atoms with Crippen LogP contribution >= 0.6 is 15.9 Å². The van der Waals surface area contributed by atoms with Crippen LogP contribution in [0.25, 0.3) is 0 Å². The Bertz CT molecular complexity index is 966. The summed E-state index contributed by atoms with van der Waals surface area (Å²) in [5.41, 5.74) is 1.63. The molecule has 4 nitrogen and oxygen atoms in total. The molecular weight excluding hydrogens is 394 g/mol. The molecule has 5 heteroatoms. The van der Waals surface area contributed by atoms with Crippen LogP contribution < -0.4 is 5.32 Å². The third-order valence-electron chi connectivity index (χ3n) is 3.77. The molecule has 0 unspecified atom stereocenters. The number of halogens is 1. The Kier molecular flexibility index (Phi) is 5.39. The first kappa shape index (κ1) is 17.8. The highest BCUT2D eigenvalue weighted by Crippen LogP contribution is 2.22. The Labute approximate surface area is 159 Å². The average molecular weight is 408 g/mol. The molecule has 0 bridgehead atoms. The number of anilines is 1. The molecule has 0 aliphatic rings. The van der Waals surface area contributed by atoms with E-state index in [0.717, 1.165) is 4.47 Å². The standard InChI is InChI=1S/C21H14BrNO3/c22-17-8-4-5-9-18(17)23-21(26)16-12-10-15(11-13-16)20(25)19(24)14-6-2-1-3-7-14/h1-13H,(H,23,26).